The van der Waals surface area contributed by atoms with Crippen molar-refractivity contribution in [1.82, 2.24) is 10.6 Å². The van der Waals surface area contributed by atoms with Gasteiger partial charge < -0.3 is 20.7 Å². The minimum Gasteiger partial charge on any atom is -0.469 e. The minimum atomic E-state index is -0.368. The van der Waals surface area contributed by atoms with Gasteiger partial charge in [0, 0.05) is 24.2 Å². The largest absolute Gasteiger partial charge is 0.469 e. The normalized spacial score (nSPS) is 14.5. The van der Waals surface area contributed by atoms with Crippen molar-refractivity contribution in [3.63, 3.8) is 0 Å². The zero-order chi connectivity index (χ0) is 18.8. The Morgan fingerprint density at radius 2 is 1.81 bits per heavy atom. The Morgan fingerprint density at radius 3 is 2.46 bits per heavy atom. The summed E-state index contributed by atoms with van der Waals surface area (Å²) in [6.07, 6.45) is 3.82. The minimum absolute atomic E-state index is 0.00110. The first-order valence-electron chi connectivity index (χ1n) is 9.04. The van der Waals surface area contributed by atoms with E-state index in [2.05, 4.69) is 20.7 Å². The number of methoxy groups -OCH3 is 1. The third kappa shape index (κ3) is 6.84. The molecule has 0 unspecified atom stereocenters. The lowest BCUT2D eigenvalue weighted by Crippen LogP contribution is -2.28. The molecular formula is C19H27N3O4. The van der Waals surface area contributed by atoms with Gasteiger partial charge in [0.2, 0.25) is 5.91 Å². The first kappa shape index (κ1) is 19.9. The van der Waals surface area contributed by atoms with Crippen LogP contribution in [-0.2, 0) is 14.3 Å². The Morgan fingerprint density at radius 1 is 1.12 bits per heavy atom. The number of hydrogen-bond donors (Lipinski definition) is 3. The summed E-state index contributed by atoms with van der Waals surface area (Å²) < 4.78 is 4.52. The number of esters is 1. The standard InChI is InChI=1S/C19H27N3O4/c1-26-18(24)10-13-21-19(25)15-3-5-16(6-4-15)22-17(23)7-2-14-8-11-20-12-9-14/h3-6,14,20H,2,7-13H2,1H3,(H,21,25)(H,22,23). The van der Waals surface area contributed by atoms with Crippen molar-refractivity contribution < 1.29 is 19.1 Å². The van der Waals surface area contributed by atoms with Crippen LogP contribution >= 0.6 is 0 Å². The number of ether oxygens (including phenoxy) is 1. The molecular weight excluding hydrogens is 334 g/mol. The molecule has 2 rings (SSSR count). The molecule has 7 nitrogen and oxygen atoms in total. The van der Waals surface area contributed by atoms with Gasteiger partial charge in [-0.15, -0.1) is 0 Å². The summed E-state index contributed by atoms with van der Waals surface area (Å²) in [6.45, 7) is 2.30. The van der Waals surface area contributed by atoms with Crippen LogP contribution in [-0.4, -0.2) is 44.5 Å². The van der Waals surface area contributed by atoms with Crippen molar-refractivity contribution in [2.45, 2.75) is 32.1 Å². The summed E-state index contributed by atoms with van der Waals surface area (Å²) in [5.74, 6) is -0.0117. The van der Waals surface area contributed by atoms with E-state index in [1.165, 1.54) is 7.11 Å². The van der Waals surface area contributed by atoms with Crippen LogP contribution in [0.15, 0.2) is 24.3 Å². The molecule has 2 amide bonds. The second-order valence-electron chi connectivity index (χ2n) is 6.44. The topological polar surface area (TPSA) is 96.5 Å². The molecule has 1 aliphatic heterocycles. The van der Waals surface area contributed by atoms with Crippen molar-refractivity contribution in [3.8, 4) is 0 Å². The zero-order valence-corrected chi connectivity index (χ0v) is 15.2. The van der Waals surface area contributed by atoms with Crippen LogP contribution < -0.4 is 16.0 Å². The molecule has 0 aromatic heterocycles. The van der Waals surface area contributed by atoms with Gasteiger partial charge in [0.25, 0.3) is 5.91 Å². The van der Waals surface area contributed by atoms with Gasteiger partial charge >= 0.3 is 5.97 Å². The fraction of sp³-hybridized carbons (Fsp3) is 0.526. The van der Waals surface area contributed by atoms with Crippen LogP contribution in [0.2, 0.25) is 0 Å². The van der Waals surface area contributed by atoms with Crippen molar-refractivity contribution in [1.29, 1.82) is 0 Å². The smallest absolute Gasteiger partial charge is 0.307 e. The molecule has 7 heteroatoms. The highest BCUT2D eigenvalue weighted by Crippen LogP contribution is 2.18. The fourth-order valence-corrected chi connectivity index (χ4v) is 2.92. The number of nitrogens with one attached hydrogen (secondary N) is 3. The SMILES string of the molecule is COC(=O)CCNC(=O)c1ccc(NC(=O)CCC2CCNCC2)cc1. The molecule has 1 aliphatic rings. The predicted octanol–water partition coefficient (Wildman–Crippen LogP) is 1.70. The highest BCUT2D eigenvalue weighted by Gasteiger charge is 2.14. The summed E-state index contributed by atoms with van der Waals surface area (Å²) in [5.41, 5.74) is 1.15. The van der Waals surface area contributed by atoms with Crippen LogP contribution in [0.25, 0.3) is 0 Å². The van der Waals surface area contributed by atoms with Crippen LogP contribution in [0.5, 0.6) is 0 Å². The van der Waals surface area contributed by atoms with Crippen molar-refractivity contribution in [2.24, 2.45) is 5.92 Å². The molecule has 26 heavy (non-hydrogen) atoms. The van der Waals surface area contributed by atoms with E-state index in [4.69, 9.17) is 0 Å². The van der Waals surface area contributed by atoms with Gasteiger partial charge in [-0.2, -0.15) is 0 Å². The summed E-state index contributed by atoms with van der Waals surface area (Å²) in [7, 11) is 1.31. The Hall–Kier alpha value is -2.41. The second kappa shape index (κ2) is 10.6. The van der Waals surface area contributed by atoms with E-state index in [0.717, 1.165) is 32.4 Å². The highest BCUT2D eigenvalue weighted by molar-refractivity contribution is 5.95. The maximum atomic E-state index is 12.1. The molecule has 0 aliphatic carbocycles. The lowest BCUT2D eigenvalue weighted by Gasteiger charge is -2.22. The number of hydrogen-bond acceptors (Lipinski definition) is 5. The molecule has 1 aromatic rings. The lowest BCUT2D eigenvalue weighted by molar-refractivity contribution is -0.140. The molecule has 3 N–H and O–H groups in total. The molecule has 0 radical (unpaired) electrons. The number of benzene rings is 1. The first-order valence-corrected chi connectivity index (χ1v) is 9.04. The third-order valence-corrected chi connectivity index (χ3v) is 4.51. The van der Waals surface area contributed by atoms with Crippen molar-refractivity contribution in [3.05, 3.63) is 29.8 Å². The molecule has 0 bridgehead atoms. The van der Waals surface area contributed by atoms with Gasteiger partial charge in [-0.1, -0.05) is 0 Å². The van der Waals surface area contributed by atoms with Crippen LogP contribution in [0.4, 0.5) is 5.69 Å². The summed E-state index contributed by atoms with van der Waals surface area (Å²) in [6, 6.07) is 6.71. The van der Waals surface area contributed by atoms with Gasteiger partial charge in [0.15, 0.2) is 0 Å². The van der Waals surface area contributed by atoms with Gasteiger partial charge in [-0.05, 0) is 62.5 Å². The Kier molecular flexibility index (Phi) is 8.08. The number of amides is 2. The van der Waals surface area contributed by atoms with Crippen molar-refractivity contribution >= 4 is 23.5 Å². The average molecular weight is 361 g/mol. The van der Waals surface area contributed by atoms with E-state index >= 15 is 0 Å². The van der Waals surface area contributed by atoms with Crippen LogP contribution in [0, 0.1) is 5.92 Å². The van der Waals surface area contributed by atoms with Crippen LogP contribution in [0.3, 0.4) is 0 Å². The number of carbonyl (C=O) groups is 3. The van der Waals surface area contributed by atoms with Gasteiger partial charge in [0.05, 0.1) is 13.5 Å². The Labute approximate surface area is 153 Å². The van der Waals surface area contributed by atoms with E-state index in [1.807, 2.05) is 0 Å². The molecule has 1 fully saturated rings. The summed E-state index contributed by atoms with van der Waals surface area (Å²) in [5, 5.41) is 8.84. The fourth-order valence-electron chi connectivity index (χ4n) is 2.92. The molecule has 1 saturated heterocycles. The predicted molar refractivity (Wildman–Crippen MR) is 98.9 cm³/mol. The maximum absolute atomic E-state index is 12.1. The molecule has 0 atom stereocenters. The van der Waals surface area contributed by atoms with E-state index in [9.17, 15) is 14.4 Å². The van der Waals surface area contributed by atoms with E-state index in [0.29, 0.717) is 23.6 Å². The van der Waals surface area contributed by atoms with E-state index < -0.39 is 0 Å². The average Bonchev–Trinajstić information content (AvgIpc) is 2.67. The maximum Gasteiger partial charge on any atom is 0.307 e. The number of anilines is 1. The van der Waals surface area contributed by atoms with Crippen LogP contribution in [0.1, 0.15) is 42.5 Å². The molecule has 0 spiro atoms. The number of carbonyl (C=O) groups excluding carboxylic acids is 3. The van der Waals surface area contributed by atoms with Crippen molar-refractivity contribution in [2.75, 3.05) is 32.1 Å². The molecule has 1 aromatic carbocycles. The number of piperidine rings is 1. The lowest BCUT2D eigenvalue weighted by atomic mass is 9.93. The van der Waals surface area contributed by atoms with Gasteiger partial charge in [0.1, 0.15) is 0 Å². The highest BCUT2D eigenvalue weighted by atomic mass is 16.5. The molecule has 142 valence electrons. The summed E-state index contributed by atoms with van der Waals surface area (Å²) in [4.78, 5) is 35.0. The zero-order valence-electron chi connectivity index (χ0n) is 15.2. The van der Waals surface area contributed by atoms with Gasteiger partial charge in [-0.3, -0.25) is 14.4 Å². The molecule has 1 heterocycles. The first-order chi connectivity index (χ1) is 12.6. The monoisotopic (exact) mass is 361 g/mol. The van der Waals surface area contributed by atoms with E-state index in [-0.39, 0.29) is 30.7 Å². The Balaban J connectivity index is 1.72. The quantitative estimate of drug-likeness (QED) is 0.613. The van der Waals surface area contributed by atoms with E-state index in [1.54, 1.807) is 24.3 Å². The second-order valence-corrected chi connectivity index (χ2v) is 6.44. The third-order valence-electron chi connectivity index (χ3n) is 4.51. The number of rotatable bonds is 8. The Bertz CT molecular complexity index is 610. The molecule has 0 saturated carbocycles. The van der Waals surface area contributed by atoms with Gasteiger partial charge in [-0.25, -0.2) is 0 Å². The summed E-state index contributed by atoms with van der Waals surface area (Å²) >= 11 is 0.